The van der Waals surface area contributed by atoms with Crippen molar-refractivity contribution in [2.24, 2.45) is 17.8 Å². The molecule has 3 nitrogen and oxygen atoms in total. The molecule has 0 aromatic rings. The van der Waals surface area contributed by atoms with Crippen molar-refractivity contribution in [3.8, 4) is 0 Å². The van der Waals surface area contributed by atoms with E-state index in [-0.39, 0.29) is 18.0 Å². The first-order valence-electron chi connectivity index (χ1n) is 9.56. The Hall–Kier alpha value is -0.570. The maximum Gasteiger partial charge on any atom is 0.311 e. The van der Waals surface area contributed by atoms with Gasteiger partial charge >= 0.3 is 5.97 Å². The third-order valence-corrected chi connectivity index (χ3v) is 5.54. The van der Waals surface area contributed by atoms with Gasteiger partial charge in [0.25, 0.3) is 0 Å². The summed E-state index contributed by atoms with van der Waals surface area (Å²) in [7, 11) is 0. The Morgan fingerprint density at radius 2 is 1.41 bits per heavy atom. The molecule has 0 aromatic carbocycles. The number of ether oxygens (including phenoxy) is 2. The van der Waals surface area contributed by atoms with Gasteiger partial charge in [0.2, 0.25) is 0 Å². The Balaban J connectivity index is 2.15. The average Bonchev–Trinajstić information content (AvgIpc) is 2.56. The molecule has 0 heterocycles. The zero-order valence-corrected chi connectivity index (χ0v) is 14.5. The second-order valence-electron chi connectivity index (χ2n) is 6.99. The summed E-state index contributed by atoms with van der Waals surface area (Å²) in [6.45, 7) is 5.14. The van der Waals surface area contributed by atoms with Crippen LogP contribution in [-0.4, -0.2) is 25.3 Å². The monoisotopic (exact) mass is 310 g/mol. The summed E-state index contributed by atoms with van der Waals surface area (Å²) in [6, 6.07) is 0. The molecular formula is C19H34O3. The molecule has 0 saturated heterocycles. The van der Waals surface area contributed by atoms with Crippen LogP contribution in [0.3, 0.4) is 0 Å². The van der Waals surface area contributed by atoms with Crippen molar-refractivity contribution in [1.29, 1.82) is 0 Å². The molecule has 2 fully saturated rings. The lowest BCUT2D eigenvalue weighted by molar-refractivity contribution is -0.161. The minimum atomic E-state index is -0.0386. The topological polar surface area (TPSA) is 35.5 Å². The number of carbonyl (C=O) groups is 1. The van der Waals surface area contributed by atoms with E-state index in [1.807, 2.05) is 6.92 Å². The van der Waals surface area contributed by atoms with Crippen molar-refractivity contribution < 1.29 is 14.3 Å². The van der Waals surface area contributed by atoms with Crippen LogP contribution in [0.25, 0.3) is 0 Å². The van der Waals surface area contributed by atoms with Crippen molar-refractivity contribution in [3.05, 3.63) is 0 Å². The first-order chi connectivity index (χ1) is 10.8. The van der Waals surface area contributed by atoms with Crippen LogP contribution < -0.4 is 0 Å². The first kappa shape index (κ1) is 17.8. The fourth-order valence-corrected chi connectivity index (χ4v) is 4.51. The minimum absolute atomic E-state index is 0.00146. The minimum Gasteiger partial charge on any atom is -0.466 e. The number of hydrogen-bond donors (Lipinski definition) is 0. The second kappa shape index (κ2) is 9.54. The highest BCUT2D eigenvalue weighted by Gasteiger charge is 2.41. The van der Waals surface area contributed by atoms with Gasteiger partial charge in [-0.25, -0.2) is 0 Å². The zero-order chi connectivity index (χ0) is 15.8. The van der Waals surface area contributed by atoms with Gasteiger partial charge in [0, 0.05) is 6.61 Å². The molecule has 22 heavy (non-hydrogen) atoms. The Morgan fingerprint density at radius 1 is 0.864 bits per heavy atom. The quantitative estimate of drug-likeness (QED) is 0.638. The van der Waals surface area contributed by atoms with Crippen molar-refractivity contribution in [3.63, 3.8) is 0 Å². The van der Waals surface area contributed by atoms with Crippen molar-refractivity contribution in [1.82, 2.24) is 0 Å². The van der Waals surface area contributed by atoms with E-state index in [2.05, 4.69) is 6.92 Å². The lowest BCUT2D eigenvalue weighted by Gasteiger charge is -2.39. The molecule has 2 rings (SSSR count). The summed E-state index contributed by atoms with van der Waals surface area (Å²) in [4.78, 5) is 12.7. The van der Waals surface area contributed by atoms with E-state index in [1.165, 1.54) is 64.2 Å². The van der Waals surface area contributed by atoms with Gasteiger partial charge in [0.05, 0.1) is 18.6 Å². The lowest BCUT2D eigenvalue weighted by atomic mass is 9.71. The van der Waals surface area contributed by atoms with E-state index in [0.717, 1.165) is 0 Å². The standard InChI is InChI=1S/C19H34O3/c1-3-21-18(16-13-9-6-10-14-16)17(19(20)22-4-2)15-11-7-5-8-12-15/h15-18H,3-14H2,1-2H3. The third-order valence-electron chi connectivity index (χ3n) is 5.54. The predicted octanol–water partition coefficient (Wildman–Crippen LogP) is 4.73. The highest BCUT2D eigenvalue weighted by molar-refractivity contribution is 5.73. The van der Waals surface area contributed by atoms with Crippen LogP contribution in [0.15, 0.2) is 0 Å². The van der Waals surface area contributed by atoms with Crippen LogP contribution in [0.1, 0.15) is 78.1 Å². The Bertz CT molecular complexity index is 317. The molecule has 0 amide bonds. The fourth-order valence-electron chi connectivity index (χ4n) is 4.51. The smallest absolute Gasteiger partial charge is 0.311 e. The Labute approximate surface area is 136 Å². The third kappa shape index (κ3) is 4.71. The molecule has 2 unspecified atom stereocenters. The average molecular weight is 310 g/mol. The molecule has 0 bridgehead atoms. The Kier molecular flexibility index (Phi) is 7.71. The van der Waals surface area contributed by atoms with E-state index >= 15 is 0 Å². The summed E-state index contributed by atoms with van der Waals surface area (Å²) in [5, 5.41) is 0. The van der Waals surface area contributed by atoms with Crippen LogP contribution in [0.4, 0.5) is 0 Å². The van der Waals surface area contributed by atoms with Gasteiger partial charge in [-0.15, -0.1) is 0 Å². The second-order valence-corrected chi connectivity index (χ2v) is 6.99. The summed E-state index contributed by atoms with van der Waals surface area (Å²) in [6.07, 6.45) is 12.6. The highest BCUT2D eigenvalue weighted by Crippen LogP contribution is 2.39. The van der Waals surface area contributed by atoms with Gasteiger partial charge < -0.3 is 9.47 Å². The van der Waals surface area contributed by atoms with Gasteiger partial charge in [0.15, 0.2) is 0 Å². The molecule has 3 heteroatoms. The molecule has 2 saturated carbocycles. The lowest BCUT2D eigenvalue weighted by Crippen LogP contribution is -2.43. The molecule has 0 spiro atoms. The summed E-state index contributed by atoms with van der Waals surface area (Å²) < 4.78 is 11.6. The molecule has 2 aliphatic rings. The number of hydrogen-bond acceptors (Lipinski definition) is 3. The number of carbonyl (C=O) groups excluding carboxylic acids is 1. The molecule has 2 atom stereocenters. The molecule has 0 aliphatic heterocycles. The van der Waals surface area contributed by atoms with Crippen molar-refractivity contribution >= 4 is 5.97 Å². The molecule has 128 valence electrons. The van der Waals surface area contributed by atoms with E-state index in [1.54, 1.807) is 0 Å². The summed E-state index contributed by atoms with van der Waals surface area (Å²) in [5.41, 5.74) is 0. The zero-order valence-electron chi connectivity index (χ0n) is 14.5. The van der Waals surface area contributed by atoms with E-state index in [9.17, 15) is 4.79 Å². The molecule has 2 aliphatic carbocycles. The Morgan fingerprint density at radius 3 is 1.91 bits per heavy atom. The van der Waals surface area contributed by atoms with Crippen LogP contribution in [-0.2, 0) is 14.3 Å². The van der Waals surface area contributed by atoms with Gasteiger partial charge in [-0.2, -0.15) is 0 Å². The molecular weight excluding hydrogens is 276 g/mol. The van der Waals surface area contributed by atoms with Gasteiger partial charge in [-0.1, -0.05) is 38.5 Å². The van der Waals surface area contributed by atoms with Crippen molar-refractivity contribution in [2.75, 3.05) is 13.2 Å². The normalized spacial score (nSPS) is 23.9. The SMILES string of the molecule is CCOC(=O)C(C1CCCCC1)C(OCC)C1CCCCC1. The predicted molar refractivity (Wildman–Crippen MR) is 88.7 cm³/mol. The number of esters is 1. The van der Waals surface area contributed by atoms with Crippen LogP contribution in [0.2, 0.25) is 0 Å². The fraction of sp³-hybridized carbons (Fsp3) is 0.947. The van der Waals surface area contributed by atoms with Crippen LogP contribution in [0.5, 0.6) is 0 Å². The number of rotatable bonds is 7. The first-order valence-corrected chi connectivity index (χ1v) is 9.56. The molecule has 0 N–H and O–H groups in total. The van der Waals surface area contributed by atoms with Crippen LogP contribution in [0, 0.1) is 17.8 Å². The largest absolute Gasteiger partial charge is 0.466 e. The molecule has 0 radical (unpaired) electrons. The maximum absolute atomic E-state index is 12.7. The van der Waals surface area contributed by atoms with Gasteiger partial charge in [0.1, 0.15) is 0 Å². The molecule has 0 aromatic heterocycles. The highest BCUT2D eigenvalue weighted by atomic mass is 16.5. The van der Waals surface area contributed by atoms with E-state index in [0.29, 0.717) is 25.0 Å². The summed E-state index contributed by atoms with van der Waals surface area (Å²) >= 11 is 0. The van der Waals surface area contributed by atoms with Gasteiger partial charge in [-0.3, -0.25) is 4.79 Å². The van der Waals surface area contributed by atoms with Crippen molar-refractivity contribution in [2.45, 2.75) is 84.2 Å². The van der Waals surface area contributed by atoms with Crippen LogP contribution >= 0.6 is 0 Å². The van der Waals surface area contributed by atoms with E-state index < -0.39 is 0 Å². The summed E-state index contributed by atoms with van der Waals surface area (Å²) in [5.74, 6) is 0.970. The van der Waals surface area contributed by atoms with Gasteiger partial charge in [-0.05, 0) is 51.4 Å². The van der Waals surface area contributed by atoms with E-state index in [4.69, 9.17) is 9.47 Å². The maximum atomic E-state index is 12.7.